The van der Waals surface area contributed by atoms with Crippen LogP contribution in [-0.4, -0.2) is 33.1 Å². The summed E-state index contributed by atoms with van der Waals surface area (Å²) < 4.78 is 27.3. The first-order valence-corrected chi connectivity index (χ1v) is 12.1. The zero-order valence-corrected chi connectivity index (χ0v) is 20.8. The number of ketones is 1. The lowest BCUT2D eigenvalue weighted by molar-refractivity contribution is 0.0990. The van der Waals surface area contributed by atoms with Crippen molar-refractivity contribution in [1.29, 1.82) is 0 Å². The van der Waals surface area contributed by atoms with Crippen LogP contribution < -0.4 is 26.0 Å². The van der Waals surface area contributed by atoms with E-state index in [4.69, 9.17) is 9.47 Å². The highest BCUT2D eigenvalue weighted by Crippen LogP contribution is 2.37. The molecule has 0 radical (unpaired) electrons. The number of carbonyl (C=O) groups excluding carboxylic acids is 1. The van der Waals surface area contributed by atoms with Gasteiger partial charge >= 0.3 is 5.69 Å². The standard InChI is InChI=1S/C28H25FN4O5/c1-17(2)32-16-22(27(35)33(28(32)36)20-7-5-19(29)6-8-20)23(34)15-18-3-9-21(10-4-18)38-24-11-12-30-26-25(24)37-14-13-31-26/h3-12,16-17H,13-15H2,1-2H3,(H,30,31). The molecule has 3 heterocycles. The van der Waals surface area contributed by atoms with E-state index in [-0.39, 0.29) is 23.7 Å². The van der Waals surface area contributed by atoms with Crippen molar-refractivity contribution >= 4 is 11.6 Å². The van der Waals surface area contributed by atoms with Gasteiger partial charge in [0, 0.05) is 30.9 Å². The zero-order valence-electron chi connectivity index (χ0n) is 20.8. The molecule has 9 nitrogen and oxygen atoms in total. The van der Waals surface area contributed by atoms with Gasteiger partial charge in [-0.1, -0.05) is 12.1 Å². The van der Waals surface area contributed by atoms with E-state index in [1.54, 1.807) is 50.4 Å². The number of hydrogen-bond acceptors (Lipinski definition) is 7. The molecule has 0 amide bonds. The van der Waals surface area contributed by atoms with E-state index < -0.39 is 22.8 Å². The minimum Gasteiger partial charge on any atom is -0.485 e. The van der Waals surface area contributed by atoms with Crippen molar-refractivity contribution in [2.24, 2.45) is 0 Å². The van der Waals surface area contributed by atoms with Crippen molar-refractivity contribution in [2.75, 3.05) is 18.5 Å². The Balaban J connectivity index is 1.40. The minimum atomic E-state index is -0.750. The normalized spacial score (nSPS) is 12.4. The lowest BCUT2D eigenvalue weighted by Gasteiger charge is -2.20. The highest BCUT2D eigenvalue weighted by atomic mass is 19.1. The Labute approximate surface area is 217 Å². The van der Waals surface area contributed by atoms with Crippen LogP contribution in [0.2, 0.25) is 0 Å². The van der Waals surface area contributed by atoms with Crippen molar-refractivity contribution in [3.8, 4) is 22.9 Å². The van der Waals surface area contributed by atoms with Gasteiger partial charge in [-0.2, -0.15) is 0 Å². The number of pyridine rings is 1. The maximum atomic E-state index is 13.4. The lowest BCUT2D eigenvalue weighted by atomic mass is 10.0. The summed E-state index contributed by atoms with van der Waals surface area (Å²) in [6, 6.07) is 13.3. The molecule has 2 aromatic carbocycles. The molecule has 4 aromatic rings. The Morgan fingerprint density at radius 2 is 1.84 bits per heavy atom. The second kappa shape index (κ2) is 10.3. The van der Waals surface area contributed by atoms with Crippen LogP contribution >= 0.6 is 0 Å². The van der Waals surface area contributed by atoms with Crippen LogP contribution in [0.5, 0.6) is 17.2 Å². The van der Waals surface area contributed by atoms with Crippen molar-refractivity contribution in [1.82, 2.24) is 14.1 Å². The molecule has 194 valence electrons. The van der Waals surface area contributed by atoms with Crippen molar-refractivity contribution in [3.63, 3.8) is 0 Å². The molecule has 10 heteroatoms. The highest BCUT2D eigenvalue weighted by Gasteiger charge is 2.21. The molecule has 0 aliphatic carbocycles. The fraction of sp³-hybridized carbons (Fsp3) is 0.214. The fourth-order valence-electron chi connectivity index (χ4n) is 4.13. The van der Waals surface area contributed by atoms with Crippen LogP contribution in [0.25, 0.3) is 5.69 Å². The summed E-state index contributed by atoms with van der Waals surface area (Å²) in [4.78, 5) is 43.7. The predicted molar refractivity (Wildman–Crippen MR) is 139 cm³/mol. The van der Waals surface area contributed by atoms with Gasteiger partial charge in [-0.15, -0.1) is 0 Å². The van der Waals surface area contributed by atoms with Crippen LogP contribution in [0.15, 0.2) is 76.6 Å². The molecule has 1 aliphatic rings. The first kappa shape index (κ1) is 24.9. The summed E-state index contributed by atoms with van der Waals surface area (Å²) in [5.41, 5.74) is -0.640. The summed E-state index contributed by atoms with van der Waals surface area (Å²) in [5.74, 6) is 1.26. The van der Waals surface area contributed by atoms with Gasteiger partial charge in [-0.25, -0.2) is 18.7 Å². The minimum absolute atomic E-state index is 0.0626. The van der Waals surface area contributed by atoms with Crippen molar-refractivity contribution in [3.05, 3.63) is 105 Å². The number of nitrogens with zero attached hydrogens (tertiary/aromatic N) is 3. The number of benzene rings is 2. The zero-order chi connectivity index (χ0) is 26.8. The van der Waals surface area contributed by atoms with Gasteiger partial charge in [0.15, 0.2) is 17.4 Å². The van der Waals surface area contributed by atoms with Gasteiger partial charge < -0.3 is 14.8 Å². The Hall–Kier alpha value is -4.73. The Morgan fingerprint density at radius 3 is 2.55 bits per heavy atom. The van der Waals surface area contributed by atoms with Crippen LogP contribution in [0.1, 0.15) is 35.8 Å². The third-order valence-corrected chi connectivity index (χ3v) is 6.08. The summed E-state index contributed by atoms with van der Waals surface area (Å²) in [5, 5.41) is 3.15. The summed E-state index contributed by atoms with van der Waals surface area (Å²) in [7, 11) is 0. The fourth-order valence-corrected chi connectivity index (χ4v) is 4.13. The van der Waals surface area contributed by atoms with Gasteiger partial charge in [-0.3, -0.25) is 14.2 Å². The number of rotatable bonds is 7. The Kier molecular flexibility index (Phi) is 6.78. The average molecular weight is 517 g/mol. The first-order valence-electron chi connectivity index (χ1n) is 12.1. The summed E-state index contributed by atoms with van der Waals surface area (Å²) in [6.45, 7) is 4.71. The number of fused-ring (bicyclic) bond motifs is 1. The number of nitrogens with one attached hydrogen (secondary N) is 1. The molecule has 0 spiro atoms. The number of ether oxygens (including phenoxy) is 2. The molecule has 1 N–H and O–H groups in total. The maximum Gasteiger partial charge on any atom is 0.335 e. The molecule has 0 bridgehead atoms. The van der Waals surface area contributed by atoms with Gasteiger partial charge in [0.25, 0.3) is 5.56 Å². The third-order valence-electron chi connectivity index (χ3n) is 6.08. The van der Waals surface area contributed by atoms with Crippen LogP contribution in [0.3, 0.4) is 0 Å². The highest BCUT2D eigenvalue weighted by molar-refractivity contribution is 5.97. The lowest BCUT2D eigenvalue weighted by Crippen LogP contribution is -2.42. The third kappa shape index (κ3) is 4.93. The summed E-state index contributed by atoms with van der Waals surface area (Å²) >= 11 is 0. The van der Waals surface area contributed by atoms with Gasteiger partial charge in [0.1, 0.15) is 23.7 Å². The second-order valence-electron chi connectivity index (χ2n) is 9.05. The largest absolute Gasteiger partial charge is 0.485 e. The molecule has 0 saturated carbocycles. The molecule has 0 fully saturated rings. The quantitative estimate of drug-likeness (QED) is 0.368. The molecule has 1 aliphatic heterocycles. The molecule has 0 saturated heterocycles. The monoisotopic (exact) mass is 516 g/mol. The Bertz CT molecular complexity index is 1610. The van der Waals surface area contributed by atoms with Crippen LogP contribution in [0.4, 0.5) is 10.2 Å². The van der Waals surface area contributed by atoms with Gasteiger partial charge in [-0.05, 0) is 55.8 Å². The SMILES string of the molecule is CC(C)n1cc(C(=O)Cc2ccc(Oc3ccnc4c3OCCN4)cc2)c(=O)n(-c2ccc(F)cc2)c1=O. The number of aromatic nitrogens is 3. The number of carbonyl (C=O) groups is 1. The Morgan fingerprint density at radius 1 is 1.11 bits per heavy atom. The van der Waals surface area contributed by atoms with E-state index in [9.17, 15) is 18.8 Å². The van der Waals surface area contributed by atoms with Gasteiger partial charge in [0.05, 0.1) is 12.2 Å². The maximum absolute atomic E-state index is 13.4. The van der Waals surface area contributed by atoms with Crippen molar-refractivity contribution in [2.45, 2.75) is 26.3 Å². The molecular formula is C28H25FN4O5. The van der Waals surface area contributed by atoms with Crippen LogP contribution in [0, 0.1) is 5.82 Å². The van der Waals surface area contributed by atoms with E-state index in [1.165, 1.54) is 22.9 Å². The van der Waals surface area contributed by atoms with E-state index in [0.29, 0.717) is 41.8 Å². The predicted octanol–water partition coefficient (Wildman–Crippen LogP) is 4.14. The first-order chi connectivity index (χ1) is 18.3. The molecule has 5 rings (SSSR count). The average Bonchev–Trinajstić information content (AvgIpc) is 2.91. The molecule has 0 atom stereocenters. The van der Waals surface area contributed by atoms with E-state index in [1.807, 2.05) is 0 Å². The van der Waals surface area contributed by atoms with E-state index in [0.717, 1.165) is 16.7 Å². The van der Waals surface area contributed by atoms with Gasteiger partial charge in [0.2, 0.25) is 5.75 Å². The molecule has 0 unspecified atom stereocenters. The second-order valence-corrected chi connectivity index (χ2v) is 9.05. The molecule has 38 heavy (non-hydrogen) atoms. The summed E-state index contributed by atoms with van der Waals surface area (Å²) in [6.07, 6.45) is 2.86. The van der Waals surface area contributed by atoms with Crippen molar-refractivity contribution < 1.29 is 18.7 Å². The van der Waals surface area contributed by atoms with E-state index >= 15 is 0 Å². The van der Waals surface area contributed by atoms with E-state index in [2.05, 4.69) is 10.3 Å². The molecular weight excluding hydrogens is 491 g/mol. The number of halogens is 1. The number of Topliss-reactive ketones (excluding diaryl/α,β-unsaturated/α-hetero) is 1. The molecule has 2 aromatic heterocycles. The number of hydrogen-bond donors (Lipinski definition) is 1. The van der Waals surface area contributed by atoms with Crippen LogP contribution in [-0.2, 0) is 6.42 Å². The smallest absolute Gasteiger partial charge is 0.335 e. The number of anilines is 1. The topological polar surface area (TPSA) is 104 Å².